The van der Waals surface area contributed by atoms with Crippen molar-refractivity contribution in [2.45, 2.75) is 6.92 Å². The molecule has 0 bridgehead atoms. The Morgan fingerprint density at radius 3 is 2.80 bits per heavy atom. The van der Waals surface area contributed by atoms with Gasteiger partial charge in [0.1, 0.15) is 6.61 Å². The van der Waals surface area contributed by atoms with Crippen LogP contribution >= 0.6 is 15.9 Å². The monoisotopic (exact) mass is 343 g/mol. The summed E-state index contributed by atoms with van der Waals surface area (Å²) in [5.74, 6) is 0.369. The molecule has 0 radical (unpaired) electrons. The van der Waals surface area contributed by atoms with Crippen LogP contribution in [0.1, 0.15) is 5.56 Å². The summed E-state index contributed by atoms with van der Waals surface area (Å²) >= 11 is 3.27. The predicted octanol–water partition coefficient (Wildman–Crippen LogP) is 1.95. The van der Waals surface area contributed by atoms with E-state index in [0.717, 1.165) is 38.3 Å². The molecule has 0 atom stereocenters. The Kier molecular flexibility index (Phi) is 5.33. The van der Waals surface area contributed by atoms with E-state index < -0.39 is 4.92 Å². The third-order valence-electron chi connectivity index (χ3n) is 3.28. The molecule has 2 rings (SSSR count). The van der Waals surface area contributed by atoms with Gasteiger partial charge in [0.05, 0.1) is 4.92 Å². The maximum Gasteiger partial charge on any atom is 0.312 e. The van der Waals surface area contributed by atoms with Crippen LogP contribution in [0.3, 0.4) is 0 Å². The van der Waals surface area contributed by atoms with Crippen molar-refractivity contribution < 1.29 is 9.66 Å². The van der Waals surface area contributed by atoms with Gasteiger partial charge in [-0.25, -0.2) is 0 Å². The standard InChI is InChI=1S/C13H18BrN3O3/c1-10-8-11(14)9-12(17(18)19)13(10)20-7-6-16-4-2-15-3-5-16/h8-9,15H,2-7H2,1H3. The number of ether oxygens (including phenoxy) is 1. The van der Waals surface area contributed by atoms with Gasteiger partial charge in [0, 0.05) is 43.3 Å². The molecule has 1 aromatic rings. The highest BCUT2D eigenvalue weighted by Gasteiger charge is 2.19. The van der Waals surface area contributed by atoms with Gasteiger partial charge in [0.2, 0.25) is 0 Å². The lowest BCUT2D eigenvalue weighted by Gasteiger charge is -2.27. The van der Waals surface area contributed by atoms with Crippen molar-refractivity contribution in [2.75, 3.05) is 39.3 Å². The Morgan fingerprint density at radius 1 is 1.45 bits per heavy atom. The number of piperazine rings is 1. The molecule has 0 spiro atoms. The first-order valence-electron chi connectivity index (χ1n) is 6.58. The van der Waals surface area contributed by atoms with E-state index in [1.807, 2.05) is 13.0 Å². The summed E-state index contributed by atoms with van der Waals surface area (Å²) in [5, 5.41) is 14.4. The molecule has 6 nitrogen and oxygen atoms in total. The lowest BCUT2D eigenvalue weighted by molar-refractivity contribution is -0.386. The molecule has 1 heterocycles. The topological polar surface area (TPSA) is 67.6 Å². The summed E-state index contributed by atoms with van der Waals surface area (Å²) in [5.41, 5.74) is 0.781. The highest BCUT2D eigenvalue weighted by atomic mass is 79.9. The number of halogens is 1. The van der Waals surface area contributed by atoms with Crippen molar-refractivity contribution in [1.82, 2.24) is 10.2 Å². The molecule has 0 saturated carbocycles. The van der Waals surface area contributed by atoms with E-state index in [4.69, 9.17) is 4.74 Å². The van der Waals surface area contributed by atoms with Gasteiger partial charge in [-0.2, -0.15) is 0 Å². The molecule has 0 unspecified atom stereocenters. The Balaban J connectivity index is 1.99. The zero-order chi connectivity index (χ0) is 14.5. The molecule has 110 valence electrons. The fourth-order valence-corrected chi connectivity index (χ4v) is 2.81. The highest BCUT2D eigenvalue weighted by molar-refractivity contribution is 9.10. The Labute approximate surface area is 126 Å². The summed E-state index contributed by atoms with van der Waals surface area (Å²) < 4.78 is 6.35. The fourth-order valence-electron chi connectivity index (χ4n) is 2.25. The number of hydrogen-bond donors (Lipinski definition) is 1. The molecular weight excluding hydrogens is 326 g/mol. The molecule has 1 aromatic carbocycles. The lowest BCUT2D eigenvalue weighted by Crippen LogP contribution is -2.44. The first-order valence-corrected chi connectivity index (χ1v) is 7.37. The van der Waals surface area contributed by atoms with Crippen LogP contribution in [0.4, 0.5) is 5.69 Å². The molecule has 20 heavy (non-hydrogen) atoms. The number of nitro benzene ring substituents is 1. The minimum Gasteiger partial charge on any atom is -0.485 e. The van der Waals surface area contributed by atoms with Crippen molar-refractivity contribution in [3.05, 3.63) is 32.3 Å². The molecule has 1 aliphatic heterocycles. The number of nitro groups is 1. The van der Waals surface area contributed by atoms with Gasteiger partial charge in [0.15, 0.2) is 5.75 Å². The quantitative estimate of drug-likeness (QED) is 0.653. The third-order valence-corrected chi connectivity index (χ3v) is 3.74. The molecule has 0 amide bonds. The SMILES string of the molecule is Cc1cc(Br)cc([N+](=O)[O-])c1OCCN1CCNCC1. The number of aryl methyl sites for hydroxylation is 1. The second kappa shape index (κ2) is 7.01. The lowest BCUT2D eigenvalue weighted by atomic mass is 10.2. The molecule has 1 saturated heterocycles. The van der Waals surface area contributed by atoms with Crippen LogP contribution in [0.2, 0.25) is 0 Å². The first kappa shape index (κ1) is 15.2. The molecule has 0 aromatic heterocycles. The molecule has 1 aliphatic rings. The summed E-state index contributed by atoms with van der Waals surface area (Å²) in [7, 11) is 0. The van der Waals surface area contributed by atoms with E-state index in [1.54, 1.807) is 0 Å². The second-order valence-corrected chi connectivity index (χ2v) is 5.68. The Bertz CT molecular complexity index is 490. The van der Waals surface area contributed by atoms with Crippen molar-refractivity contribution in [1.29, 1.82) is 0 Å². The number of nitrogens with one attached hydrogen (secondary N) is 1. The van der Waals surface area contributed by atoms with Crippen molar-refractivity contribution >= 4 is 21.6 Å². The maximum atomic E-state index is 11.1. The van der Waals surface area contributed by atoms with Gasteiger partial charge in [-0.15, -0.1) is 0 Å². The average molecular weight is 344 g/mol. The van der Waals surface area contributed by atoms with E-state index in [-0.39, 0.29) is 5.69 Å². The summed E-state index contributed by atoms with van der Waals surface area (Å²) in [6.45, 7) is 7.01. The molecule has 1 N–H and O–H groups in total. The molecule has 1 fully saturated rings. The van der Waals surface area contributed by atoms with Gasteiger partial charge in [-0.05, 0) is 18.6 Å². The molecular formula is C13H18BrN3O3. The predicted molar refractivity (Wildman–Crippen MR) is 80.3 cm³/mol. The first-order chi connectivity index (χ1) is 9.58. The van der Waals surface area contributed by atoms with Gasteiger partial charge in [-0.3, -0.25) is 15.0 Å². The van der Waals surface area contributed by atoms with E-state index in [1.165, 1.54) is 6.07 Å². The minimum absolute atomic E-state index is 0.0113. The van der Waals surface area contributed by atoms with E-state index >= 15 is 0 Å². The number of rotatable bonds is 5. The smallest absolute Gasteiger partial charge is 0.312 e. The Hall–Kier alpha value is -1.18. The normalized spacial score (nSPS) is 16.1. The van der Waals surface area contributed by atoms with E-state index in [0.29, 0.717) is 16.8 Å². The van der Waals surface area contributed by atoms with Crippen LogP contribution < -0.4 is 10.1 Å². The van der Waals surface area contributed by atoms with Crippen molar-refractivity contribution in [3.8, 4) is 5.75 Å². The largest absolute Gasteiger partial charge is 0.485 e. The van der Waals surface area contributed by atoms with Crippen LogP contribution in [0.25, 0.3) is 0 Å². The number of benzene rings is 1. The van der Waals surface area contributed by atoms with Crippen LogP contribution in [0, 0.1) is 17.0 Å². The summed E-state index contributed by atoms with van der Waals surface area (Å²) in [6.07, 6.45) is 0. The average Bonchev–Trinajstić information content (AvgIpc) is 2.41. The molecule has 7 heteroatoms. The van der Waals surface area contributed by atoms with Gasteiger partial charge < -0.3 is 10.1 Å². The van der Waals surface area contributed by atoms with Crippen molar-refractivity contribution in [2.24, 2.45) is 0 Å². The zero-order valence-electron chi connectivity index (χ0n) is 11.4. The van der Waals surface area contributed by atoms with Crippen LogP contribution in [0.15, 0.2) is 16.6 Å². The van der Waals surface area contributed by atoms with Crippen LogP contribution in [0.5, 0.6) is 5.75 Å². The fraction of sp³-hybridized carbons (Fsp3) is 0.538. The van der Waals surface area contributed by atoms with E-state index in [2.05, 4.69) is 26.1 Å². The number of nitrogens with zero attached hydrogens (tertiary/aromatic N) is 2. The summed E-state index contributed by atoms with van der Waals surface area (Å²) in [6, 6.07) is 3.31. The summed E-state index contributed by atoms with van der Waals surface area (Å²) in [4.78, 5) is 13.0. The Morgan fingerprint density at radius 2 is 2.15 bits per heavy atom. The van der Waals surface area contributed by atoms with Crippen LogP contribution in [-0.4, -0.2) is 49.2 Å². The van der Waals surface area contributed by atoms with Crippen LogP contribution in [-0.2, 0) is 0 Å². The third kappa shape index (κ3) is 3.91. The van der Waals surface area contributed by atoms with Crippen molar-refractivity contribution in [3.63, 3.8) is 0 Å². The zero-order valence-corrected chi connectivity index (χ0v) is 13.0. The molecule has 0 aliphatic carbocycles. The minimum atomic E-state index is -0.405. The highest BCUT2D eigenvalue weighted by Crippen LogP contribution is 2.34. The maximum absolute atomic E-state index is 11.1. The van der Waals surface area contributed by atoms with Gasteiger partial charge in [-0.1, -0.05) is 15.9 Å². The van der Waals surface area contributed by atoms with E-state index in [9.17, 15) is 10.1 Å². The van der Waals surface area contributed by atoms with Gasteiger partial charge in [0.25, 0.3) is 0 Å². The second-order valence-electron chi connectivity index (χ2n) is 4.77. The number of hydrogen-bond acceptors (Lipinski definition) is 5. The van der Waals surface area contributed by atoms with Gasteiger partial charge >= 0.3 is 5.69 Å².